The maximum absolute atomic E-state index is 12.8. The van der Waals surface area contributed by atoms with Crippen LogP contribution < -0.4 is 0 Å². The predicted octanol–water partition coefficient (Wildman–Crippen LogP) is 1.69. The molecule has 4 rings (SSSR count). The number of rotatable bonds is 4. The molecule has 7 heteroatoms. The summed E-state index contributed by atoms with van der Waals surface area (Å²) in [6.45, 7) is 4.55. The van der Waals surface area contributed by atoms with Crippen molar-refractivity contribution in [3.63, 3.8) is 0 Å². The topological polar surface area (TPSA) is 86.6 Å². The van der Waals surface area contributed by atoms with Crippen LogP contribution in [0.15, 0.2) is 42.9 Å². The zero-order valence-corrected chi connectivity index (χ0v) is 17.7. The molecule has 2 aliphatic rings. The van der Waals surface area contributed by atoms with Gasteiger partial charge in [0, 0.05) is 36.8 Å². The minimum atomic E-state index is -0.303. The van der Waals surface area contributed by atoms with Crippen molar-refractivity contribution in [2.45, 2.75) is 38.3 Å². The summed E-state index contributed by atoms with van der Waals surface area (Å²) in [4.78, 5) is 36.8. The lowest BCUT2D eigenvalue weighted by Gasteiger charge is -2.58. The van der Waals surface area contributed by atoms with Crippen LogP contribution in [-0.2, 0) is 4.79 Å². The molecule has 3 heterocycles. The van der Waals surface area contributed by atoms with Gasteiger partial charge in [-0.25, -0.2) is 4.98 Å². The van der Waals surface area contributed by atoms with E-state index in [4.69, 9.17) is 0 Å². The molecule has 2 fully saturated rings. The highest BCUT2D eigenvalue weighted by atomic mass is 16.3. The van der Waals surface area contributed by atoms with E-state index < -0.39 is 0 Å². The molecule has 2 saturated heterocycles. The first-order valence-corrected chi connectivity index (χ1v) is 10.6. The lowest BCUT2D eigenvalue weighted by molar-refractivity contribution is -0.159. The monoisotopic (exact) mass is 418 g/mol. The number of fused-ring (bicyclic) bond motifs is 1. The first kappa shape index (κ1) is 21.0. The van der Waals surface area contributed by atoms with Gasteiger partial charge in [-0.3, -0.25) is 14.6 Å². The number of benzene rings is 1. The van der Waals surface area contributed by atoms with Crippen LogP contribution in [0.1, 0.15) is 47.8 Å². The third-order valence-corrected chi connectivity index (χ3v) is 5.86. The zero-order valence-electron chi connectivity index (χ0n) is 17.7. The van der Waals surface area contributed by atoms with Crippen LogP contribution in [0.2, 0.25) is 0 Å². The van der Waals surface area contributed by atoms with Gasteiger partial charge in [0.2, 0.25) is 5.91 Å². The van der Waals surface area contributed by atoms with Crippen molar-refractivity contribution >= 4 is 11.8 Å². The Kier molecular flexibility index (Phi) is 6.01. The number of hydrogen-bond donors (Lipinski definition) is 1. The van der Waals surface area contributed by atoms with Gasteiger partial charge in [0.05, 0.1) is 24.9 Å². The SMILES string of the molecule is CC(C)CC#Cc1ccc([C@H]2[C@H]3CN(C(=O)c4cnccn4)CC(=O)N3[C@H]2CO)cc1. The third-order valence-electron chi connectivity index (χ3n) is 5.86. The van der Waals surface area contributed by atoms with Crippen LogP contribution in [0, 0.1) is 17.8 Å². The van der Waals surface area contributed by atoms with Gasteiger partial charge in [-0.05, 0) is 23.6 Å². The highest BCUT2D eigenvalue weighted by molar-refractivity contribution is 5.95. The second-order valence-corrected chi connectivity index (χ2v) is 8.44. The predicted molar refractivity (Wildman–Crippen MR) is 115 cm³/mol. The minimum absolute atomic E-state index is 0.0144. The number of nitrogens with zero attached hydrogens (tertiary/aromatic N) is 4. The van der Waals surface area contributed by atoms with Gasteiger partial charge >= 0.3 is 0 Å². The first-order valence-electron chi connectivity index (χ1n) is 10.6. The first-order chi connectivity index (χ1) is 15.0. The summed E-state index contributed by atoms with van der Waals surface area (Å²) in [5, 5.41) is 9.94. The van der Waals surface area contributed by atoms with Gasteiger partial charge in [-0.1, -0.05) is 37.8 Å². The molecule has 160 valence electrons. The number of aliphatic hydroxyl groups excluding tert-OH is 1. The molecule has 2 amide bonds. The number of carbonyl (C=O) groups is 2. The van der Waals surface area contributed by atoms with E-state index in [1.54, 1.807) is 4.90 Å². The summed E-state index contributed by atoms with van der Waals surface area (Å²) in [7, 11) is 0. The van der Waals surface area contributed by atoms with E-state index in [9.17, 15) is 14.7 Å². The summed E-state index contributed by atoms with van der Waals surface area (Å²) in [5.74, 6) is 6.40. The minimum Gasteiger partial charge on any atom is -0.394 e. The van der Waals surface area contributed by atoms with Crippen molar-refractivity contribution in [2.24, 2.45) is 5.92 Å². The maximum atomic E-state index is 12.8. The van der Waals surface area contributed by atoms with E-state index in [0.29, 0.717) is 12.5 Å². The molecular weight excluding hydrogens is 392 g/mol. The fourth-order valence-electron chi connectivity index (χ4n) is 4.37. The molecule has 0 unspecified atom stereocenters. The van der Waals surface area contributed by atoms with E-state index in [1.165, 1.54) is 23.5 Å². The number of carbonyl (C=O) groups excluding carboxylic acids is 2. The number of aliphatic hydroxyl groups is 1. The van der Waals surface area contributed by atoms with Gasteiger partial charge in [0.25, 0.3) is 5.91 Å². The van der Waals surface area contributed by atoms with Crippen molar-refractivity contribution in [1.29, 1.82) is 0 Å². The van der Waals surface area contributed by atoms with Crippen molar-refractivity contribution in [3.05, 3.63) is 59.7 Å². The molecule has 31 heavy (non-hydrogen) atoms. The molecule has 7 nitrogen and oxygen atoms in total. The Bertz CT molecular complexity index is 1010. The van der Waals surface area contributed by atoms with Crippen molar-refractivity contribution < 1.29 is 14.7 Å². The lowest BCUT2D eigenvalue weighted by Crippen LogP contribution is -2.73. The highest BCUT2D eigenvalue weighted by Crippen LogP contribution is 2.43. The van der Waals surface area contributed by atoms with E-state index >= 15 is 0 Å². The van der Waals surface area contributed by atoms with Crippen molar-refractivity contribution in [2.75, 3.05) is 19.7 Å². The molecule has 0 saturated carbocycles. The molecule has 0 radical (unpaired) electrons. The molecular formula is C24H26N4O3. The quantitative estimate of drug-likeness (QED) is 0.764. The second-order valence-electron chi connectivity index (χ2n) is 8.44. The zero-order chi connectivity index (χ0) is 22.0. The fourth-order valence-corrected chi connectivity index (χ4v) is 4.37. The summed E-state index contributed by atoms with van der Waals surface area (Å²) in [5.41, 5.74) is 2.21. The molecule has 2 aliphatic heterocycles. The lowest BCUT2D eigenvalue weighted by atomic mass is 9.73. The number of amides is 2. The van der Waals surface area contributed by atoms with Gasteiger partial charge < -0.3 is 14.9 Å². The van der Waals surface area contributed by atoms with Gasteiger partial charge in [0.15, 0.2) is 0 Å². The van der Waals surface area contributed by atoms with Gasteiger partial charge in [0.1, 0.15) is 12.2 Å². The van der Waals surface area contributed by atoms with Crippen LogP contribution in [0.3, 0.4) is 0 Å². The Morgan fingerprint density at radius 3 is 2.68 bits per heavy atom. The average molecular weight is 418 g/mol. The molecule has 0 bridgehead atoms. The van der Waals surface area contributed by atoms with Crippen molar-refractivity contribution in [3.8, 4) is 11.8 Å². The standard InChI is InChI=1S/C24H26N4O3/c1-16(2)4-3-5-17-6-8-18(9-7-17)23-20-13-27(14-22(30)28(20)21(23)15-29)24(31)19-12-25-10-11-26-19/h6-12,16,20-21,23,29H,4,13-15H2,1-2H3/t20-,21+,23+/m1/s1. The molecule has 1 aromatic heterocycles. The number of hydrogen-bond acceptors (Lipinski definition) is 5. The molecule has 1 N–H and O–H groups in total. The Morgan fingerprint density at radius 2 is 2.03 bits per heavy atom. The molecule has 2 aromatic rings. The van der Waals surface area contributed by atoms with Crippen LogP contribution in [0.25, 0.3) is 0 Å². The Labute approximate surface area is 182 Å². The molecule has 3 atom stereocenters. The Balaban J connectivity index is 1.52. The molecule has 0 aliphatic carbocycles. The summed E-state index contributed by atoms with van der Waals surface area (Å²) in [6.07, 6.45) is 5.23. The Hall–Kier alpha value is -3.24. The number of aromatic nitrogens is 2. The molecule has 0 spiro atoms. The average Bonchev–Trinajstić information content (AvgIpc) is 2.76. The van der Waals surface area contributed by atoms with Crippen LogP contribution in [-0.4, -0.2) is 68.5 Å². The van der Waals surface area contributed by atoms with Crippen LogP contribution >= 0.6 is 0 Å². The third kappa shape index (κ3) is 4.17. The second kappa shape index (κ2) is 8.86. The smallest absolute Gasteiger partial charge is 0.274 e. The van der Waals surface area contributed by atoms with Crippen molar-refractivity contribution in [1.82, 2.24) is 19.8 Å². The Morgan fingerprint density at radius 1 is 1.26 bits per heavy atom. The van der Waals surface area contributed by atoms with Gasteiger partial charge in [-0.15, -0.1) is 0 Å². The van der Waals surface area contributed by atoms with Crippen LogP contribution in [0.5, 0.6) is 0 Å². The normalized spacial score (nSPS) is 22.5. The fraction of sp³-hybridized carbons (Fsp3) is 0.417. The van der Waals surface area contributed by atoms with E-state index in [-0.39, 0.29) is 48.7 Å². The molecule has 1 aromatic carbocycles. The number of piperazine rings is 1. The summed E-state index contributed by atoms with van der Waals surface area (Å²) >= 11 is 0. The van der Waals surface area contributed by atoms with E-state index in [0.717, 1.165) is 17.5 Å². The van der Waals surface area contributed by atoms with E-state index in [2.05, 4.69) is 35.7 Å². The maximum Gasteiger partial charge on any atom is 0.274 e. The summed E-state index contributed by atoms with van der Waals surface area (Å²) in [6, 6.07) is 7.54. The summed E-state index contributed by atoms with van der Waals surface area (Å²) < 4.78 is 0. The highest BCUT2D eigenvalue weighted by Gasteiger charge is 2.54. The van der Waals surface area contributed by atoms with E-state index in [1.807, 2.05) is 24.3 Å². The largest absolute Gasteiger partial charge is 0.394 e. The van der Waals surface area contributed by atoms with Crippen LogP contribution in [0.4, 0.5) is 0 Å². The van der Waals surface area contributed by atoms with Gasteiger partial charge in [-0.2, -0.15) is 0 Å².